The summed E-state index contributed by atoms with van der Waals surface area (Å²) in [5.41, 5.74) is 1.95. The lowest BCUT2D eigenvalue weighted by Gasteiger charge is -2.10. The van der Waals surface area contributed by atoms with E-state index in [0.717, 1.165) is 16.3 Å². The predicted molar refractivity (Wildman–Crippen MR) is 96.7 cm³/mol. The maximum atomic E-state index is 13.2. The Bertz CT molecular complexity index is 831. The fraction of sp³-hybridized carbons (Fsp3) is 0.111. The molecular weight excluding hydrogens is 345 g/mol. The van der Waals surface area contributed by atoms with Gasteiger partial charge in [0, 0.05) is 16.3 Å². The number of rotatable bonds is 6. The van der Waals surface area contributed by atoms with Crippen molar-refractivity contribution in [2.75, 3.05) is 5.75 Å². The fourth-order valence-corrected chi connectivity index (χ4v) is 3.11. The lowest BCUT2D eigenvalue weighted by molar-refractivity contribution is 0.628. The van der Waals surface area contributed by atoms with Crippen molar-refractivity contribution in [3.8, 4) is 11.4 Å². The Morgan fingerprint density at radius 3 is 2.46 bits per heavy atom. The van der Waals surface area contributed by atoms with Gasteiger partial charge in [0.1, 0.15) is 5.82 Å². The number of nitrogens with zero attached hydrogens (tertiary/aromatic N) is 3. The van der Waals surface area contributed by atoms with Crippen molar-refractivity contribution in [3.05, 3.63) is 77.6 Å². The van der Waals surface area contributed by atoms with Gasteiger partial charge < -0.3 is 0 Å². The Balaban J connectivity index is 1.98. The molecule has 3 aromatic rings. The number of thioether (sulfide) groups is 1. The maximum Gasteiger partial charge on any atom is 0.192 e. The molecule has 6 heteroatoms. The Morgan fingerprint density at radius 2 is 1.79 bits per heavy atom. The van der Waals surface area contributed by atoms with Crippen LogP contribution in [0.4, 0.5) is 4.39 Å². The molecule has 0 aliphatic heterocycles. The number of hydrogen-bond donors (Lipinski definition) is 0. The van der Waals surface area contributed by atoms with Crippen LogP contribution in [0.2, 0.25) is 0 Å². The van der Waals surface area contributed by atoms with Crippen LogP contribution >= 0.6 is 23.4 Å². The van der Waals surface area contributed by atoms with Gasteiger partial charge in [0.15, 0.2) is 11.0 Å². The molecule has 122 valence electrons. The highest BCUT2D eigenvalue weighted by atomic mass is 35.5. The van der Waals surface area contributed by atoms with Crippen molar-refractivity contribution in [2.24, 2.45) is 0 Å². The monoisotopic (exact) mass is 359 g/mol. The van der Waals surface area contributed by atoms with Gasteiger partial charge in [-0.15, -0.1) is 10.2 Å². The molecule has 0 N–H and O–H groups in total. The maximum absolute atomic E-state index is 13.2. The summed E-state index contributed by atoms with van der Waals surface area (Å²) in [6, 6.07) is 16.3. The van der Waals surface area contributed by atoms with E-state index < -0.39 is 0 Å². The minimum atomic E-state index is -0.277. The van der Waals surface area contributed by atoms with Crippen molar-refractivity contribution in [3.63, 3.8) is 0 Å². The highest BCUT2D eigenvalue weighted by Gasteiger charge is 2.15. The summed E-state index contributed by atoms with van der Waals surface area (Å²) in [5, 5.41) is 9.86. The van der Waals surface area contributed by atoms with Crippen LogP contribution in [0.5, 0.6) is 0 Å². The number of benzene rings is 2. The van der Waals surface area contributed by atoms with E-state index in [4.69, 9.17) is 11.6 Å². The summed E-state index contributed by atoms with van der Waals surface area (Å²) in [6.07, 6.45) is 0. The van der Waals surface area contributed by atoms with E-state index in [0.29, 0.717) is 23.2 Å². The first kappa shape index (κ1) is 16.7. The van der Waals surface area contributed by atoms with E-state index in [2.05, 4.69) is 16.8 Å². The van der Waals surface area contributed by atoms with Crippen LogP contribution in [-0.2, 0) is 6.54 Å². The Morgan fingerprint density at radius 1 is 1.08 bits per heavy atom. The molecule has 0 saturated carbocycles. The quantitative estimate of drug-likeness (QED) is 0.582. The highest BCUT2D eigenvalue weighted by Crippen LogP contribution is 2.26. The van der Waals surface area contributed by atoms with Gasteiger partial charge in [-0.2, -0.15) is 0 Å². The first-order valence-electron chi connectivity index (χ1n) is 7.32. The van der Waals surface area contributed by atoms with E-state index in [-0.39, 0.29) is 5.82 Å². The summed E-state index contributed by atoms with van der Waals surface area (Å²) in [7, 11) is 0. The van der Waals surface area contributed by atoms with Crippen molar-refractivity contribution >= 4 is 23.4 Å². The summed E-state index contributed by atoms with van der Waals surface area (Å²) in [4.78, 5) is 0. The summed E-state index contributed by atoms with van der Waals surface area (Å²) >= 11 is 7.34. The minimum absolute atomic E-state index is 0.277. The molecule has 3 rings (SSSR count). The number of hydrogen-bond acceptors (Lipinski definition) is 3. The largest absolute Gasteiger partial charge is 0.298 e. The van der Waals surface area contributed by atoms with Crippen molar-refractivity contribution in [1.29, 1.82) is 0 Å². The molecule has 0 amide bonds. The lowest BCUT2D eigenvalue weighted by Crippen LogP contribution is -2.04. The summed E-state index contributed by atoms with van der Waals surface area (Å²) in [5.74, 6) is 0.972. The van der Waals surface area contributed by atoms with Crippen LogP contribution in [-0.4, -0.2) is 20.5 Å². The van der Waals surface area contributed by atoms with Gasteiger partial charge in [-0.3, -0.25) is 4.57 Å². The van der Waals surface area contributed by atoms with Gasteiger partial charge in [0.05, 0.1) is 6.54 Å². The molecule has 1 aromatic heterocycles. The zero-order valence-electron chi connectivity index (χ0n) is 12.8. The molecule has 0 atom stereocenters. The van der Waals surface area contributed by atoms with Crippen LogP contribution < -0.4 is 0 Å². The average Bonchev–Trinajstić information content (AvgIpc) is 2.97. The molecule has 0 aliphatic carbocycles. The summed E-state index contributed by atoms with van der Waals surface area (Å²) in [6.45, 7) is 4.33. The van der Waals surface area contributed by atoms with Crippen molar-refractivity contribution < 1.29 is 4.39 Å². The Hall–Kier alpha value is -2.11. The topological polar surface area (TPSA) is 30.7 Å². The van der Waals surface area contributed by atoms with Crippen LogP contribution in [0.15, 0.2) is 71.4 Å². The van der Waals surface area contributed by atoms with Crippen LogP contribution in [0, 0.1) is 5.82 Å². The molecule has 0 saturated heterocycles. The van der Waals surface area contributed by atoms with E-state index >= 15 is 0 Å². The second kappa shape index (κ2) is 7.64. The van der Waals surface area contributed by atoms with Gasteiger partial charge in [0.25, 0.3) is 0 Å². The van der Waals surface area contributed by atoms with Crippen LogP contribution in [0.25, 0.3) is 11.4 Å². The van der Waals surface area contributed by atoms with E-state index in [1.165, 1.54) is 23.9 Å². The van der Waals surface area contributed by atoms with Crippen LogP contribution in [0.1, 0.15) is 5.56 Å². The standard InChI is InChI=1S/C18H15ClFN3S/c1-13(19)12-24-18-22-21-17(15-7-9-16(20)10-8-15)23(18)11-14-5-3-2-4-6-14/h2-10H,1,11-12H2. The normalized spacial score (nSPS) is 10.8. The third-order valence-electron chi connectivity index (χ3n) is 3.36. The van der Waals surface area contributed by atoms with Gasteiger partial charge >= 0.3 is 0 Å². The first-order valence-corrected chi connectivity index (χ1v) is 8.69. The molecule has 1 heterocycles. The molecular formula is C18H15ClFN3S. The van der Waals surface area contributed by atoms with Gasteiger partial charge in [-0.25, -0.2) is 4.39 Å². The molecule has 0 fully saturated rings. The summed E-state index contributed by atoms with van der Waals surface area (Å²) < 4.78 is 15.2. The molecule has 0 spiro atoms. The zero-order chi connectivity index (χ0) is 16.9. The Labute approximate surface area is 149 Å². The van der Waals surface area contributed by atoms with Crippen molar-refractivity contribution in [1.82, 2.24) is 14.8 Å². The van der Waals surface area contributed by atoms with E-state index in [1.54, 1.807) is 12.1 Å². The smallest absolute Gasteiger partial charge is 0.192 e. The van der Waals surface area contributed by atoms with E-state index in [9.17, 15) is 4.39 Å². The SMILES string of the molecule is C=C(Cl)CSc1nnc(-c2ccc(F)cc2)n1Cc1ccccc1. The second-order valence-electron chi connectivity index (χ2n) is 5.19. The molecule has 24 heavy (non-hydrogen) atoms. The molecule has 0 bridgehead atoms. The van der Waals surface area contributed by atoms with Gasteiger partial charge in [0.2, 0.25) is 0 Å². The predicted octanol–water partition coefficient (Wildman–Crippen LogP) is 4.98. The third-order valence-corrected chi connectivity index (χ3v) is 4.71. The molecule has 2 aromatic carbocycles. The second-order valence-corrected chi connectivity index (χ2v) is 6.67. The zero-order valence-corrected chi connectivity index (χ0v) is 14.4. The van der Waals surface area contributed by atoms with E-state index in [1.807, 2.05) is 34.9 Å². The Kier molecular flexibility index (Phi) is 5.33. The molecule has 0 aliphatic rings. The average molecular weight is 360 g/mol. The van der Waals surface area contributed by atoms with Gasteiger partial charge in [-0.1, -0.05) is 60.3 Å². The van der Waals surface area contributed by atoms with Crippen molar-refractivity contribution in [2.45, 2.75) is 11.7 Å². The lowest BCUT2D eigenvalue weighted by atomic mass is 10.2. The first-order chi connectivity index (χ1) is 11.6. The third kappa shape index (κ3) is 4.04. The minimum Gasteiger partial charge on any atom is -0.298 e. The molecule has 0 radical (unpaired) electrons. The molecule has 3 nitrogen and oxygen atoms in total. The number of halogens is 2. The fourth-order valence-electron chi connectivity index (χ4n) is 2.26. The molecule has 0 unspecified atom stereocenters. The van der Waals surface area contributed by atoms with Gasteiger partial charge in [-0.05, 0) is 29.8 Å². The van der Waals surface area contributed by atoms with Crippen LogP contribution in [0.3, 0.4) is 0 Å². The highest BCUT2D eigenvalue weighted by molar-refractivity contribution is 7.99. The number of aromatic nitrogens is 3.